The van der Waals surface area contributed by atoms with Crippen molar-refractivity contribution in [2.45, 2.75) is 46.0 Å². The molecule has 0 saturated carbocycles. The Morgan fingerprint density at radius 1 is 1.31 bits per heavy atom. The first kappa shape index (κ1) is 10.3. The highest BCUT2D eigenvalue weighted by molar-refractivity contribution is 5.27. The highest BCUT2D eigenvalue weighted by Gasteiger charge is 2.13. The van der Waals surface area contributed by atoms with Crippen molar-refractivity contribution in [3.63, 3.8) is 0 Å². The first-order chi connectivity index (χ1) is 6.04. The first-order valence-corrected chi connectivity index (χ1v) is 5.05. The van der Waals surface area contributed by atoms with Gasteiger partial charge in [0.2, 0.25) is 0 Å². The Kier molecular flexibility index (Phi) is 3.13. The van der Waals surface area contributed by atoms with Gasteiger partial charge < -0.3 is 0 Å². The third kappa shape index (κ3) is 2.87. The molecule has 0 unspecified atom stereocenters. The van der Waals surface area contributed by atoms with Gasteiger partial charge >= 0.3 is 0 Å². The van der Waals surface area contributed by atoms with Crippen LogP contribution in [0.1, 0.15) is 45.2 Å². The molecular formula is C13H19. The zero-order valence-electron chi connectivity index (χ0n) is 9.15. The summed E-state index contributed by atoms with van der Waals surface area (Å²) in [7, 11) is 0. The van der Waals surface area contributed by atoms with Gasteiger partial charge in [-0.3, -0.25) is 0 Å². The maximum atomic E-state index is 3.31. The third-order valence-electron chi connectivity index (χ3n) is 2.21. The minimum absolute atomic E-state index is 0.226. The molecule has 1 radical (unpaired) electrons. The van der Waals surface area contributed by atoms with Crippen LogP contribution in [0.5, 0.6) is 0 Å². The Labute approximate surface area is 82.0 Å². The van der Waals surface area contributed by atoms with Gasteiger partial charge in [0.15, 0.2) is 0 Å². The van der Waals surface area contributed by atoms with Crippen LogP contribution in [-0.2, 0) is 11.8 Å². The number of hydrogen-bond acceptors (Lipinski definition) is 0. The molecule has 0 spiro atoms. The summed E-state index contributed by atoms with van der Waals surface area (Å²) in [4.78, 5) is 0. The van der Waals surface area contributed by atoms with Gasteiger partial charge in [-0.05, 0) is 29.0 Å². The smallest absolute Gasteiger partial charge is 0.0126 e. The lowest BCUT2D eigenvalue weighted by Gasteiger charge is -2.19. The molecule has 71 valence electrons. The Hall–Kier alpha value is -0.780. The quantitative estimate of drug-likeness (QED) is 0.642. The number of rotatable bonds is 2. The predicted molar refractivity (Wildman–Crippen MR) is 58.0 cm³/mol. The maximum absolute atomic E-state index is 3.31. The van der Waals surface area contributed by atoms with Gasteiger partial charge in [-0.15, -0.1) is 0 Å². The van der Waals surface area contributed by atoms with E-state index in [2.05, 4.69) is 45.9 Å². The summed E-state index contributed by atoms with van der Waals surface area (Å²) in [5.41, 5.74) is 2.98. The fourth-order valence-corrected chi connectivity index (χ4v) is 1.39. The zero-order valence-corrected chi connectivity index (χ0v) is 9.15. The van der Waals surface area contributed by atoms with Crippen molar-refractivity contribution in [3.8, 4) is 0 Å². The molecule has 1 aromatic rings. The van der Waals surface area contributed by atoms with Crippen molar-refractivity contribution >= 4 is 0 Å². The largest absolute Gasteiger partial charge is 0.0651 e. The van der Waals surface area contributed by atoms with Crippen molar-refractivity contribution in [1.82, 2.24) is 0 Å². The summed E-state index contributed by atoms with van der Waals surface area (Å²) in [5.74, 6) is 0. The molecule has 0 aliphatic rings. The lowest BCUT2D eigenvalue weighted by Crippen LogP contribution is -2.11. The molecule has 0 bridgehead atoms. The van der Waals surface area contributed by atoms with E-state index in [4.69, 9.17) is 0 Å². The van der Waals surface area contributed by atoms with Gasteiger partial charge in [0.25, 0.3) is 0 Å². The van der Waals surface area contributed by atoms with Crippen LogP contribution in [0.15, 0.2) is 18.2 Å². The zero-order chi connectivity index (χ0) is 9.90. The maximum Gasteiger partial charge on any atom is -0.0126 e. The lowest BCUT2D eigenvalue weighted by atomic mass is 9.86. The van der Waals surface area contributed by atoms with E-state index in [0.717, 1.165) is 0 Å². The molecule has 13 heavy (non-hydrogen) atoms. The van der Waals surface area contributed by atoms with E-state index < -0.39 is 0 Å². The average Bonchev–Trinajstić information content (AvgIpc) is 2.04. The SMILES string of the molecule is CCCc1cc[c]c(C(C)(C)C)c1. The molecule has 1 aromatic carbocycles. The van der Waals surface area contributed by atoms with E-state index in [9.17, 15) is 0 Å². The molecule has 0 aromatic heterocycles. The topological polar surface area (TPSA) is 0 Å². The van der Waals surface area contributed by atoms with Crippen LogP contribution < -0.4 is 0 Å². The molecule has 0 saturated heterocycles. The van der Waals surface area contributed by atoms with Gasteiger partial charge in [-0.25, -0.2) is 0 Å². The van der Waals surface area contributed by atoms with E-state index >= 15 is 0 Å². The van der Waals surface area contributed by atoms with Gasteiger partial charge in [0.05, 0.1) is 0 Å². The Bertz CT molecular complexity index is 266. The molecule has 0 amide bonds. The van der Waals surface area contributed by atoms with E-state index in [1.165, 1.54) is 24.0 Å². The van der Waals surface area contributed by atoms with E-state index in [-0.39, 0.29) is 5.41 Å². The first-order valence-electron chi connectivity index (χ1n) is 5.05. The molecule has 0 heterocycles. The van der Waals surface area contributed by atoms with Crippen molar-refractivity contribution < 1.29 is 0 Å². The van der Waals surface area contributed by atoms with Crippen molar-refractivity contribution in [3.05, 3.63) is 35.4 Å². The number of benzene rings is 1. The van der Waals surface area contributed by atoms with E-state index in [0.29, 0.717) is 0 Å². The minimum Gasteiger partial charge on any atom is -0.0651 e. The molecule has 0 N–H and O–H groups in total. The summed E-state index contributed by atoms with van der Waals surface area (Å²) in [6.07, 6.45) is 2.39. The van der Waals surface area contributed by atoms with Crippen LogP contribution in [-0.4, -0.2) is 0 Å². The summed E-state index contributed by atoms with van der Waals surface area (Å²) >= 11 is 0. The summed E-state index contributed by atoms with van der Waals surface area (Å²) < 4.78 is 0. The molecule has 0 nitrogen and oxygen atoms in total. The van der Waals surface area contributed by atoms with E-state index in [1.807, 2.05) is 6.07 Å². The van der Waals surface area contributed by atoms with Gasteiger partial charge in [-0.2, -0.15) is 0 Å². The normalized spacial score (nSPS) is 11.7. The van der Waals surface area contributed by atoms with Crippen LogP contribution >= 0.6 is 0 Å². The summed E-state index contributed by atoms with van der Waals surface area (Å²) in [5, 5.41) is 0. The second-order valence-electron chi connectivity index (χ2n) is 4.61. The van der Waals surface area contributed by atoms with Crippen LogP contribution in [0.3, 0.4) is 0 Å². The van der Waals surface area contributed by atoms with E-state index in [1.54, 1.807) is 0 Å². The van der Waals surface area contributed by atoms with Crippen LogP contribution in [0, 0.1) is 6.07 Å². The minimum atomic E-state index is 0.226. The summed E-state index contributed by atoms with van der Waals surface area (Å²) in [6, 6.07) is 9.80. The van der Waals surface area contributed by atoms with Crippen LogP contribution in [0.2, 0.25) is 0 Å². The second kappa shape index (κ2) is 3.95. The Morgan fingerprint density at radius 2 is 2.00 bits per heavy atom. The van der Waals surface area contributed by atoms with Crippen molar-refractivity contribution in [2.75, 3.05) is 0 Å². The monoisotopic (exact) mass is 175 g/mol. The standard InChI is InChI=1S/C13H19/c1-5-7-11-8-6-9-12(10-11)13(2,3)4/h6,8,10H,5,7H2,1-4H3. The van der Waals surface area contributed by atoms with Crippen LogP contribution in [0.25, 0.3) is 0 Å². The average molecular weight is 175 g/mol. The molecule has 0 aliphatic heterocycles. The summed E-state index contributed by atoms with van der Waals surface area (Å²) in [6.45, 7) is 8.91. The Balaban J connectivity index is 2.92. The predicted octanol–water partition coefficient (Wildman–Crippen LogP) is 3.74. The molecule has 0 aliphatic carbocycles. The van der Waals surface area contributed by atoms with Gasteiger partial charge in [0.1, 0.15) is 0 Å². The number of hydrogen-bond donors (Lipinski definition) is 0. The number of aryl methyl sites for hydroxylation is 1. The molecule has 0 heteroatoms. The molecular weight excluding hydrogens is 156 g/mol. The molecule has 0 atom stereocenters. The van der Waals surface area contributed by atoms with Gasteiger partial charge in [-0.1, -0.05) is 52.3 Å². The highest BCUT2D eigenvalue weighted by atomic mass is 14.2. The fourth-order valence-electron chi connectivity index (χ4n) is 1.39. The van der Waals surface area contributed by atoms with Gasteiger partial charge in [0, 0.05) is 0 Å². The molecule has 1 rings (SSSR count). The van der Waals surface area contributed by atoms with Crippen molar-refractivity contribution in [2.24, 2.45) is 0 Å². The Morgan fingerprint density at radius 3 is 2.54 bits per heavy atom. The highest BCUT2D eigenvalue weighted by Crippen LogP contribution is 2.22. The lowest BCUT2D eigenvalue weighted by molar-refractivity contribution is 0.588. The molecule has 0 fully saturated rings. The third-order valence-corrected chi connectivity index (χ3v) is 2.21. The van der Waals surface area contributed by atoms with Crippen molar-refractivity contribution in [1.29, 1.82) is 0 Å². The second-order valence-corrected chi connectivity index (χ2v) is 4.61. The fraction of sp³-hybridized carbons (Fsp3) is 0.538. The van der Waals surface area contributed by atoms with Crippen LogP contribution in [0.4, 0.5) is 0 Å².